The lowest BCUT2D eigenvalue weighted by Crippen LogP contribution is -2.41. The molecule has 1 atom stereocenters. The molecule has 0 aliphatic carbocycles. The van der Waals surface area contributed by atoms with Crippen LogP contribution in [0.25, 0.3) is 0 Å². The fourth-order valence-corrected chi connectivity index (χ4v) is 5.43. The van der Waals surface area contributed by atoms with Crippen LogP contribution in [-0.2, 0) is 9.09 Å². The molecule has 0 heterocycles. The van der Waals surface area contributed by atoms with Gasteiger partial charge in [0.1, 0.15) is 0 Å². The Balaban J connectivity index is 3.62. The average molecular weight is 477 g/mol. The highest BCUT2D eigenvalue weighted by molar-refractivity contribution is 7.52. The minimum Gasteiger partial charge on any atom is -0.328 e. The lowest BCUT2D eigenvalue weighted by molar-refractivity contribution is -0.890. The van der Waals surface area contributed by atoms with Gasteiger partial charge < -0.3 is 13.9 Å². The quantitative estimate of drug-likeness (QED) is 0.0814. The minimum atomic E-state index is -3.41. The molecule has 0 aliphatic rings. The fraction of sp³-hybridized carbons (Fsp3) is 1.00. The van der Waals surface area contributed by atoms with E-state index in [2.05, 4.69) is 27.9 Å². The van der Waals surface area contributed by atoms with Gasteiger partial charge in [0.25, 0.3) is 0 Å². The second-order valence-electron chi connectivity index (χ2n) is 10.6. The van der Waals surface area contributed by atoms with Crippen LogP contribution in [0.5, 0.6) is 0 Å². The van der Waals surface area contributed by atoms with Crippen molar-refractivity contribution in [2.24, 2.45) is 0 Å². The monoisotopic (exact) mass is 476 g/mol. The summed E-state index contributed by atoms with van der Waals surface area (Å²) in [5.74, 6) is 0. The smallest absolute Gasteiger partial charge is 0.328 e. The number of hydrogen-bond donors (Lipinski definition) is 1. The minimum absolute atomic E-state index is 0.295. The van der Waals surface area contributed by atoms with Crippen molar-refractivity contribution in [3.63, 3.8) is 0 Å². The van der Waals surface area contributed by atoms with Crippen molar-refractivity contribution in [2.45, 2.75) is 136 Å². The first-order valence-corrected chi connectivity index (χ1v) is 15.9. The van der Waals surface area contributed by atoms with Crippen LogP contribution in [0, 0.1) is 0 Å². The Morgan fingerprint density at radius 3 is 1.44 bits per heavy atom. The van der Waals surface area contributed by atoms with Gasteiger partial charge in [0.15, 0.2) is 0 Å². The van der Waals surface area contributed by atoms with Gasteiger partial charge in [-0.05, 0) is 19.3 Å². The summed E-state index contributed by atoms with van der Waals surface area (Å²) >= 11 is 0. The van der Waals surface area contributed by atoms with Gasteiger partial charge in [0, 0.05) is 6.42 Å². The van der Waals surface area contributed by atoms with Gasteiger partial charge in [0.05, 0.1) is 40.0 Å². The largest absolute Gasteiger partial charge is 0.328 e. The molecule has 194 valence electrons. The second kappa shape index (κ2) is 21.6. The summed E-state index contributed by atoms with van der Waals surface area (Å²) in [7, 11) is 1.08. The molecule has 0 saturated heterocycles. The molecule has 4 nitrogen and oxygen atoms in total. The summed E-state index contributed by atoms with van der Waals surface area (Å²) in [5, 5.41) is 0. The molecule has 0 radical (unpaired) electrons. The van der Waals surface area contributed by atoms with Crippen LogP contribution in [0.4, 0.5) is 0 Å². The molecule has 0 aromatic heterocycles. The molecule has 0 bridgehead atoms. The summed E-state index contributed by atoms with van der Waals surface area (Å²) in [6.07, 6.45) is 24.5. The molecule has 0 aromatic rings. The molecule has 0 spiro atoms. The number of quaternary nitrogens is 1. The Hall–Kier alpha value is 0.110. The molecule has 0 aromatic carbocycles. The van der Waals surface area contributed by atoms with Crippen LogP contribution >= 0.6 is 7.60 Å². The molecule has 1 N–H and O–H groups in total. The third-order valence-corrected chi connectivity index (χ3v) is 8.08. The van der Waals surface area contributed by atoms with Crippen LogP contribution in [0.2, 0.25) is 0 Å². The maximum absolute atomic E-state index is 12.3. The Kier molecular flexibility index (Phi) is 21.7. The van der Waals surface area contributed by atoms with E-state index in [1.807, 2.05) is 0 Å². The van der Waals surface area contributed by atoms with E-state index >= 15 is 0 Å². The molecule has 1 unspecified atom stereocenters. The van der Waals surface area contributed by atoms with Crippen molar-refractivity contribution in [3.05, 3.63) is 0 Å². The second-order valence-corrected chi connectivity index (χ2v) is 12.6. The van der Waals surface area contributed by atoms with Crippen molar-refractivity contribution >= 4 is 7.60 Å². The van der Waals surface area contributed by atoms with Crippen LogP contribution in [0.3, 0.4) is 0 Å². The Labute approximate surface area is 202 Å². The van der Waals surface area contributed by atoms with Gasteiger partial charge in [0.2, 0.25) is 0 Å². The lowest BCUT2D eigenvalue weighted by atomic mass is 10.1. The molecular weight excluding hydrogens is 417 g/mol. The molecule has 0 saturated carbocycles. The predicted molar refractivity (Wildman–Crippen MR) is 142 cm³/mol. The average Bonchev–Trinajstić information content (AvgIpc) is 2.73. The number of rotatable bonds is 25. The van der Waals surface area contributed by atoms with E-state index in [9.17, 15) is 9.46 Å². The van der Waals surface area contributed by atoms with Crippen molar-refractivity contribution in [3.8, 4) is 0 Å². The van der Waals surface area contributed by atoms with E-state index in [1.54, 1.807) is 0 Å². The highest BCUT2D eigenvalue weighted by Gasteiger charge is 2.22. The fourth-order valence-electron chi connectivity index (χ4n) is 4.35. The lowest BCUT2D eigenvalue weighted by Gasteiger charge is -2.30. The molecule has 0 rings (SSSR count). The zero-order chi connectivity index (χ0) is 24.0. The molecule has 0 amide bonds. The van der Waals surface area contributed by atoms with Crippen LogP contribution in [0.15, 0.2) is 0 Å². The van der Waals surface area contributed by atoms with Crippen molar-refractivity contribution < 1.29 is 18.5 Å². The standard InChI is InChI=1S/C27H58NO3P/c1-5-7-9-11-13-15-16-17-19-21-24-28(3,4)25-23-27-32(29,30)31-26-22-20-18-14-12-10-8-6-2/h5-27H2,1-4H3/p+1. The van der Waals surface area contributed by atoms with Crippen molar-refractivity contribution in [2.75, 3.05) is 40.0 Å². The number of nitrogens with zero attached hydrogens (tertiary/aromatic N) is 1. The Morgan fingerprint density at radius 1 is 0.594 bits per heavy atom. The zero-order valence-electron chi connectivity index (χ0n) is 22.4. The summed E-state index contributed by atoms with van der Waals surface area (Å²) < 4.78 is 18.6. The molecule has 32 heavy (non-hydrogen) atoms. The topological polar surface area (TPSA) is 46.5 Å². The van der Waals surface area contributed by atoms with Gasteiger partial charge in [-0.3, -0.25) is 4.57 Å². The van der Waals surface area contributed by atoms with Gasteiger partial charge in [-0.1, -0.05) is 110 Å². The molecule has 5 heteroatoms. The van der Waals surface area contributed by atoms with Gasteiger partial charge in [-0.15, -0.1) is 0 Å². The summed E-state index contributed by atoms with van der Waals surface area (Å²) in [4.78, 5) is 10.1. The van der Waals surface area contributed by atoms with Gasteiger partial charge in [-0.2, -0.15) is 0 Å². The third-order valence-electron chi connectivity index (χ3n) is 6.61. The van der Waals surface area contributed by atoms with E-state index in [0.29, 0.717) is 12.8 Å². The maximum atomic E-state index is 12.3. The number of hydrogen-bond acceptors (Lipinski definition) is 2. The Bertz CT molecular complexity index is 443. The van der Waals surface area contributed by atoms with E-state index in [4.69, 9.17) is 4.52 Å². The van der Waals surface area contributed by atoms with Gasteiger partial charge in [-0.25, -0.2) is 0 Å². The highest BCUT2D eigenvalue weighted by atomic mass is 31.2. The zero-order valence-corrected chi connectivity index (χ0v) is 23.3. The normalized spacial score (nSPS) is 14.0. The van der Waals surface area contributed by atoms with Gasteiger partial charge >= 0.3 is 7.60 Å². The van der Waals surface area contributed by atoms with Crippen molar-refractivity contribution in [1.29, 1.82) is 0 Å². The molecular formula is C27H59NO3P+. The van der Waals surface area contributed by atoms with E-state index < -0.39 is 7.60 Å². The maximum Gasteiger partial charge on any atom is 0.328 e. The van der Waals surface area contributed by atoms with Crippen molar-refractivity contribution in [1.82, 2.24) is 0 Å². The van der Waals surface area contributed by atoms with Crippen LogP contribution in [0.1, 0.15) is 136 Å². The first-order chi connectivity index (χ1) is 15.3. The molecule has 0 aliphatic heterocycles. The highest BCUT2D eigenvalue weighted by Crippen LogP contribution is 2.42. The van der Waals surface area contributed by atoms with E-state index in [0.717, 1.165) is 36.8 Å². The molecule has 0 fully saturated rings. The third kappa shape index (κ3) is 23.3. The first kappa shape index (κ1) is 32.1. The first-order valence-electron chi connectivity index (χ1n) is 14.1. The van der Waals surface area contributed by atoms with Crippen LogP contribution in [-0.4, -0.2) is 49.3 Å². The summed E-state index contributed by atoms with van der Waals surface area (Å²) in [5.41, 5.74) is 0. The number of unbranched alkanes of at least 4 members (excludes halogenated alkanes) is 16. The van der Waals surface area contributed by atoms with E-state index in [-0.39, 0.29) is 0 Å². The Morgan fingerprint density at radius 2 is 0.969 bits per heavy atom. The summed E-state index contributed by atoms with van der Waals surface area (Å²) in [6.45, 7) is 7.05. The van der Waals surface area contributed by atoms with Crippen LogP contribution < -0.4 is 0 Å². The predicted octanol–water partition coefficient (Wildman–Crippen LogP) is 8.72. The summed E-state index contributed by atoms with van der Waals surface area (Å²) in [6, 6.07) is 0. The SMILES string of the molecule is CCCCCCCCCCCC[N+](C)(C)CCCP(=O)(O)OCCCCCCCCCC. The van der Waals surface area contributed by atoms with E-state index in [1.165, 1.54) is 103 Å².